The number of aliphatic hydroxyl groups is 1. The molecule has 5 nitrogen and oxygen atoms in total. The van der Waals surface area contributed by atoms with Crippen molar-refractivity contribution in [3.8, 4) is 0 Å². The molecule has 0 aliphatic rings. The van der Waals surface area contributed by atoms with Gasteiger partial charge in [0.1, 0.15) is 19.3 Å². The predicted octanol–water partition coefficient (Wildman–Crippen LogP) is 1.45. The van der Waals surface area contributed by atoms with Crippen LogP contribution in [0.1, 0.15) is 34.1 Å². The maximum Gasteiger partial charge on any atom is 0.333 e. The summed E-state index contributed by atoms with van der Waals surface area (Å²) < 4.78 is 9.68. The molecule has 0 saturated heterocycles. The van der Waals surface area contributed by atoms with Crippen molar-refractivity contribution in [1.29, 1.82) is 0 Å². The van der Waals surface area contributed by atoms with Gasteiger partial charge in [0.15, 0.2) is 0 Å². The number of ether oxygens (including phenoxy) is 2. The van der Waals surface area contributed by atoms with E-state index in [1.54, 1.807) is 13.8 Å². The fourth-order valence-corrected chi connectivity index (χ4v) is 0.855. The van der Waals surface area contributed by atoms with E-state index in [9.17, 15) is 14.7 Å². The summed E-state index contributed by atoms with van der Waals surface area (Å²) in [5.41, 5.74) is -0.319. The molecule has 1 N–H and O–H groups in total. The Hall–Kier alpha value is -1.36. The Balaban J connectivity index is 3.98. The molecule has 5 heteroatoms. The number of rotatable bonds is 7. The quantitative estimate of drug-likeness (QED) is 0.552. The van der Waals surface area contributed by atoms with Crippen molar-refractivity contribution in [2.24, 2.45) is 5.41 Å². The molecular formula is C13H22O5. The van der Waals surface area contributed by atoms with Crippen LogP contribution in [-0.2, 0) is 19.1 Å². The first-order valence-electron chi connectivity index (χ1n) is 5.88. The summed E-state index contributed by atoms with van der Waals surface area (Å²) in [6, 6.07) is 0. The van der Waals surface area contributed by atoms with Crippen LogP contribution in [0.2, 0.25) is 0 Å². The van der Waals surface area contributed by atoms with Crippen LogP contribution in [0, 0.1) is 5.41 Å². The molecule has 0 spiro atoms. The minimum absolute atomic E-state index is 0.189. The molecule has 104 valence electrons. The van der Waals surface area contributed by atoms with E-state index in [1.807, 2.05) is 6.92 Å². The third kappa shape index (κ3) is 5.82. The van der Waals surface area contributed by atoms with Crippen molar-refractivity contribution in [3.63, 3.8) is 0 Å². The van der Waals surface area contributed by atoms with Crippen molar-refractivity contribution in [2.45, 2.75) is 40.2 Å². The molecule has 0 fully saturated rings. The van der Waals surface area contributed by atoms with Crippen LogP contribution in [-0.4, -0.2) is 36.4 Å². The zero-order chi connectivity index (χ0) is 14.3. The van der Waals surface area contributed by atoms with E-state index in [-0.39, 0.29) is 24.8 Å². The number of aliphatic hydroxyl groups excluding tert-OH is 1. The van der Waals surface area contributed by atoms with Crippen LogP contribution in [0.4, 0.5) is 0 Å². The van der Waals surface area contributed by atoms with E-state index in [1.165, 1.54) is 6.92 Å². The molecule has 1 unspecified atom stereocenters. The average molecular weight is 258 g/mol. The van der Waals surface area contributed by atoms with Crippen LogP contribution in [0.25, 0.3) is 0 Å². The highest BCUT2D eigenvalue weighted by molar-refractivity contribution is 5.86. The molecule has 0 bridgehead atoms. The number of esters is 2. The molecule has 0 amide bonds. The van der Waals surface area contributed by atoms with E-state index in [4.69, 9.17) is 9.47 Å². The number of hydrogen-bond acceptors (Lipinski definition) is 5. The van der Waals surface area contributed by atoms with E-state index in [0.29, 0.717) is 6.42 Å². The fraction of sp³-hybridized carbons (Fsp3) is 0.692. The third-order valence-electron chi connectivity index (χ3n) is 2.60. The maximum atomic E-state index is 11.6. The van der Waals surface area contributed by atoms with E-state index < -0.39 is 17.5 Å². The lowest BCUT2D eigenvalue weighted by atomic mass is 9.91. The first kappa shape index (κ1) is 16.6. The van der Waals surface area contributed by atoms with Gasteiger partial charge in [-0.2, -0.15) is 0 Å². The number of carbonyl (C=O) groups excluding carboxylic acids is 2. The molecule has 0 aliphatic heterocycles. The largest absolute Gasteiger partial charge is 0.462 e. The lowest BCUT2D eigenvalue weighted by Crippen LogP contribution is -2.31. The van der Waals surface area contributed by atoms with Gasteiger partial charge in [-0.3, -0.25) is 4.79 Å². The highest BCUT2D eigenvalue weighted by Crippen LogP contribution is 2.21. The van der Waals surface area contributed by atoms with Crippen LogP contribution in [0.15, 0.2) is 12.2 Å². The second-order valence-corrected chi connectivity index (χ2v) is 4.87. The fourth-order valence-electron chi connectivity index (χ4n) is 0.855. The Morgan fingerprint density at radius 2 is 1.78 bits per heavy atom. The highest BCUT2D eigenvalue weighted by Gasteiger charge is 2.27. The van der Waals surface area contributed by atoms with Crippen LogP contribution >= 0.6 is 0 Å². The van der Waals surface area contributed by atoms with E-state index in [2.05, 4.69) is 6.58 Å². The lowest BCUT2D eigenvalue weighted by molar-refractivity contribution is -0.159. The zero-order valence-electron chi connectivity index (χ0n) is 11.5. The van der Waals surface area contributed by atoms with Gasteiger partial charge in [-0.25, -0.2) is 4.79 Å². The lowest BCUT2D eigenvalue weighted by Gasteiger charge is -2.21. The van der Waals surface area contributed by atoms with E-state index >= 15 is 0 Å². The summed E-state index contributed by atoms with van der Waals surface area (Å²) >= 11 is 0. The van der Waals surface area contributed by atoms with Crippen molar-refractivity contribution in [1.82, 2.24) is 0 Å². The predicted molar refractivity (Wildman–Crippen MR) is 66.8 cm³/mol. The summed E-state index contributed by atoms with van der Waals surface area (Å²) in [5.74, 6) is -0.954. The Bertz CT molecular complexity index is 319. The second kappa shape index (κ2) is 7.16. The second-order valence-electron chi connectivity index (χ2n) is 4.87. The summed E-state index contributed by atoms with van der Waals surface area (Å²) in [6.07, 6.45) is -0.378. The highest BCUT2D eigenvalue weighted by atomic mass is 16.6. The molecule has 0 rings (SSSR count). The topological polar surface area (TPSA) is 72.8 Å². The molecular weight excluding hydrogens is 236 g/mol. The van der Waals surface area contributed by atoms with Gasteiger partial charge in [-0.15, -0.1) is 0 Å². The van der Waals surface area contributed by atoms with E-state index in [0.717, 1.165) is 0 Å². The summed E-state index contributed by atoms with van der Waals surface area (Å²) in [5, 5.41) is 9.48. The molecule has 0 aromatic rings. The van der Waals surface area contributed by atoms with Crippen molar-refractivity contribution >= 4 is 11.9 Å². The normalized spacial score (nSPS) is 12.7. The van der Waals surface area contributed by atoms with Gasteiger partial charge in [-0.1, -0.05) is 13.5 Å². The maximum absolute atomic E-state index is 11.6. The van der Waals surface area contributed by atoms with Crippen molar-refractivity contribution < 1.29 is 24.2 Å². The first-order chi connectivity index (χ1) is 8.20. The minimum atomic E-state index is -1.02. The smallest absolute Gasteiger partial charge is 0.333 e. The van der Waals surface area contributed by atoms with Gasteiger partial charge in [0, 0.05) is 5.57 Å². The standard InChI is InChI=1S/C13H22O5/c1-6-13(4,5)12(16)18-8-10(14)7-17-11(15)9(2)3/h10,14H,2,6-8H2,1,3-5H3. The van der Waals surface area contributed by atoms with Gasteiger partial charge in [0.05, 0.1) is 5.41 Å². The number of hydrogen-bond donors (Lipinski definition) is 1. The Morgan fingerprint density at radius 1 is 1.28 bits per heavy atom. The minimum Gasteiger partial charge on any atom is -0.462 e. The Labute approximate surface area is 108 Å². The first-order valence-corrected chi connectivity index (χ1v) is 5.88. The zero-order valence-corrected chi connectivity index (χ0v) is 11.5. The third-order valence-corrected chi connectivity index (χ3v) is 2.60. The molecule has 18 heavy (non-hydrogen) atoms. The Kier molecular flexibility index (Phi) is 6.62. The van der Waals surface area contributed by atoms with Crippen molar-refractivity contribution in [2.75, 3.05) is 13.2 Å². The molecule has 0 radical (unpaired) electrons. The van der Waals surface area contributed by atoms with Gasteiger partial charge >= 0.3 is 11.9 Å². The van der Waals surface area contributed by atoms with Crippen LogP contribution in [0.3, 0.4) is 0 Å². The monoisotopic (exact) mass is 258 g/mol. The van der Waals surface area contributed by atoms with Gasteiger partial charge in [0.25, 0.3) is 0 Å². The number of carbonyl (C=O) groups is 2. The average Bonchev–Trinajstić information content (AvgIpc) is 2.32. The van der Waals surface area contributed by atoms with Crippen molar-refractivity contribution in [3.05, 3.63) is 12.2 Å². The van der Waals surface area contributed by atoms with Gasteiger partial charge in [-0.05, 0) is 27.2 Å². The van der Waals surface area contributed by atoms with Crippen LogP contribution < -0.4 is 0 Å². The SMILES string of the molecule is C=C(C)C(=O)OCC(O)COC(=O)C(C)(C)CC. The molecule has 0 aliphatic carbocycles. The Morgan fingerprint density at radius 3 is 2.22 bits per heavy atom. The molecule has 0 aromatic carbocycles. The molecule has 0 saturated carbocycles. The molecule has 1 atom stereocenters. The van der Waals surface area contributed by atoms with Gasteiger partial charge < -0.3 is 14.6 Å². The van der Waals surface area contributed by atoms with Crippen LogP contribution in [0.5, 0.6) is 0 Å². The summed E-state index contributed by atoms with van der Waals surface area (Å²) in [7, 11) is 0. The summed E-state index contributed by atoms with van der Waals surface area (Å²) in [4.78, 5) is 22.6. The van der Waals surface area contributed by atoms with Gasteiger partial charge in [0.2, 0.25) is 0 Å². The summed E-state index contributed by atoms with van der Waals surface area (Å²) in [6.45, 7) is 9.93. The molecule has 0 heterocycles. The molecule has 0 aromatic heterocycles.